The lowest BCUT2D eigenvalue weighted by atomic mass is 9.75. The molecule has 0 N–H and O–H groups in total. The van der Waals surface area contributed by atoms with Gasteiger partial charge in [0.25, 0.3) is 0 Å². The van der Waals surface area contributed by atoms with E-state index in [4.69, 9.17) is 0 Å². The Morgan fingerprint density at radius 2 is 0.556 bits per heavy atom. The molecule has 2 aliphatic carbocycles. The van der Waals surface area contributed by atoms with E-state index in [2.05, 4.69) is 280 Å². The summed E-state index contributed by atoms with van der Waals surface area (Å²) in [5.74, 6) is 0. The van der Waals surface area contributed by atoms with E-state index in [-0.39, 0.29) is 10.8 Å². The second kappa shape index (κ2) is 15.9. The first-order chi connectivity index (χ1) is 35.3. The fourth-order valence-electron chi connectivity index (χ4n) is 12.9. The minimum absolute atomic E-state index is 0.230. The Morgan fingerprint density at radius 3 is 0.889 bits per heavy atom. The van der Waals surface area contributed by atoms with Crippen molar-refractivity contribution >= 4 is 66.4 Å². The number of para-hydroxylation sites is 4. The smallest absolute Gasteiger partial charge is 0.0462 e. The third-order valence-corrected chi connectivity index (χ3v) is 16.1. The van der Waals surface area contributed by atoms with Crippen molar-refractivity contribution in [3.63, 3.8) is 0 Å². The zero-order valence-corrected chi connectivity index (χ0v) is 41.0. The summed E-state index contributed by atoms with van der Waals surface area (Å²) in [6, 6.07) is 89.5. The lowest BCUT2D eigenvalue weighted by molar-refractivity contribution is 0.666. The van der Waals surface area contributed by atoms with Crippen molar-refractivity contribution in [1.82, 2.24) is 0 Å². The fourth-order valence-corrected chi connectivity index (χ4v) is 12.9. The maximum absolute atomic E-state index is 2.48. The summed E-state index contributed by atoms with van der Waals surface area (Å²) < 4.78 is 0. The summed E-state index contributed by atoms with van der Waals surface area (Å²) in [6.45, 7) is 9.79. The molecule has 0 saturated heterocycles. The van der Waals surface area contributed by atoms with E-state index in [9.17, 15) is 0 Å². The number of anilines is 6. The first kappa shape index (κ1) is 42.2. The van der Waals surface area contributed by atoms with Gasteiger partial charge in [0.05, 0.1) is 0 Å². The summed E-state index contributed by atoms with van der Waals surface area (Å²) >= 11 is 0. The molecule has 2 nitrogen and oxygen atoms in total. The zero-order valence-electron chi connectivity index (χ0n) is 41.0. The Balaban J connectivity index is 0.861. The largest absolute Gasteiger partial charge is 0.311 e. The van der Waals surface area contributed by atoms with Gasteiger partial charge >= 0.3 is 0 Å². The van der Waals surface area contributed by atoms with Crippen molar-refractivity contribution < 1.29 is 0 Å². The van der Waals surface area contributed by atoms with Crippen LogP contribution in [0.4, 0.5) is 34.1 Å². The van der Waals surface area contributed by atoms with Crippen LogP contribution in [-0.2, 0) is 10.8 Å². The van der Waals surface area contributed by atoms with Gasteiger partial charge in [-0.1, -0.05) is 185 Å². The maximum atomic E-state index is 2.48. The summed E-state index contributed by atoms with van der Waals surface area (Å²) in [5.41, 5.74) is 22.4. The van der Waals surface area contributed by atoms with Crippen LogP contribution in [-0.4, -0.2) is 0 Å². The van der Waals surface area contributed by atoms with Crippen LogP contribution in [0.3, 0.4) is 0 Å². The van der Waals surface area contributed by atoms with Crippen LogP contribution in [0.2, 0.25) is 0 Å². The van der Waals surface area contributed by atoms with Crippen LogP contribution in [0.15, 0.2) is 243 Å². The van der Waals surface area contributed by atoms with Crippen LogP contribution >= 0.6 is 0 Å². The van der Waals surface area contributed by atoms with E-state index in [0.717, 1.165) is 34.1 Å². The van der Waals surface area contributed by atoms with Crippen LogP contribution in [0.25, 0.3) is 76.8 Å². The topological polar surface area (TPSA) is 6.48 Å². The molecule has 14 rings (SSSR count). The molecule has 0 aromatic heterocycles. The first-order valence-corrected chi connectivity index (χ1v) is 25.3. The molecule has 12 aromatic rings. The predicted molar refractivity (Wildman–Crippen MR) is 306 cm³/mol. The number of benzene rings is 12. The maximum Gasteiger partial charge on any atom is 0.0462 e. The Bertz CT molecular complexity index is 3700. The molecule has 0 fully saturated rings. The molecule has 0 unspecified atom stereocenters. The molecular weight excluding hydrogens is 869 g/mol. The Hall–Kier alpha value is -8.72. The van der Waals surface area contributed by atoms with E-state index >= 15 is 0 Å². The number of nitrogens with zero attached hydrogens (tertiary/aromatic N) is 2. The molecular formula is C70H52N2. The average molecular weight is 921 g/mol. The van der Waals surface area contributed by atoms with Gasteiger partial charge in [0.1, 0.15) is 0 Å². The zero-order chi connectivity index (χ0) is 48.3. The number of hydrogen-bond acceptors (Lipinski definition) is 2. The quantitative estimate of drug-likeness (QED) is 0.140. The summed E-state index contributed by atoms with van der Waals surface area (Å²) in [4.78, 5) is 4.65. The Labute approximate surface area is 422 Å². The second-order valence-corrected chi connectivity index (χ2v) is 20.8. The fraction of sp³-hybridized carbons (Fsp3) is 0.0857. The van der Waals surface area contributed by atoms with Gasteiger partial charge in [-0.2, -0.15) is 0 Å². The third-order valence-electron chi connectivity index (χ3n) is 16.1. The van der Waals surface area contributed by atoms with Gasteiger partial charge in [0.2, 0.25) is 0 Å². The highest BCUT2D eigenvalue weighted by atomic mass is 15.1. The lowest BCUT2D eigenvalue weighted by Crippen LogP contribution is -2.17. The van der Waals surface area contributed by atoms with Gasteiger partial charge in [0, 0.05) is 45.0 Å². The molecule has 0 spiro atoms. The van der Waals surface area contributed by atoms with Gasteiger partial charge in [0.15, 0.2) is 0 Å². The molecule has 0 saturated carbocycles. The van der Waals surface area contributed by atoms with Crippen LogP contribution < -0.4 is 9.80 Å². The molecule has 0 bridgehead atoms. The molecule has 0 radical (unpaired) electrons. The SMILES string of the molecule is CC1(C)c2cc(-c3ccc(N(c4ccccc4)c4ccccc4)cc3)ccc2-c2c1c1cccc3c4c(c5cccc2c5c31)C(C)(C)c1cc(-c2ccc(N(c3ccccc3)c3ccccc3)cc2)ccc1-4. The summed E-state index contributed by atoms with van der Waals surface area (Å²) in [5, 5.41) is 8.23. The molecule has 2 heteroatoms. The normalized spacial score (nSPS) is 13.8. The standard InChI is InChI=1S/C70H52N2/c1-69(2)61-43-47(45-31-37-53(38-32-45)71(49-19-9-5-10-20-49)50-21-11-6-12-22-50)35-41-55(61)65-57-27-18-30-60-64(57)63-58(28-17-29-59(63)67(65)69)66-56-42-36-48(44-62(56)70(3,4)68(60)66)46-33-39-54(40-34-46)72(51-23-13-7-14-24-51)52-25-15-8-16-26-52/h5-44H,1-4H3. The summed E-state index contributed by atoms with van der Waals surface area (Å²) in [7, 11) is 0. The minimum atomic E-state index is -0.230. The highest BCUT2D eigenvalue weighted by Crippen LogP contribution is 2.61. The number of fused-ring (bicyclic) bond motifs is 10. The molecule has 12 aromatic carbocycles. The Kier molecular flexibility index (Phi) is 9.32. The number of rotatable bonds is 8. The monoisotopic (exact) mass is 920 g/mol. The predicted octanol–water partition coefficient (Wildman–Crippen LogP) is 19.5. The van der Waals surface area contributed by atoms with Gasteiger partial charge in [-0.05, 0) is 184 Å². The average Bonchev–Trinajstić information content (AvgIpc) is 3.83. The van der Waals surface area contributed by atoms with Crippen molar-refractivity contribution in [2.45, 2.75) is 38.5 Å². The van der Waals surface area contributed by atoms with E-state index in [0.29, 0.717) is 0 Å². The second-order valence-electron chi connectivity index (χ2n) is 20.8. The minimum Gasteiger partial charge on any atom is -0.311 e. The van der Waals surface area contributed by atoms with Crippen molar-refractivity contribution in [2.75, 3.05) is 9.80 Å². The first-order valence-electron chi connectivity index (χ1n) is 25.3. The van der Waals surface area contributed by atoms with Crippen molar-refractivity contribution in [1.29, 1.82) is 0 Å². The highest BCUT2D eigenvalue weighted by Gasteiger charge is 2.43. The highest BCUT2D eigenvalue weighted by molar-refractivity contribution is 6.33. The van der Waals surface area contributed by atoms with Crippen molar-refractivity contribution in [3.8, 4) is 44.5 Å². The van der Waals surface area contributed by atoms with Crippen molar-refractivity contribution in [3.05, 3.63) is 265 Å². The van der Waals surface area contributed by atoms with Crippen molar-refractivity contribution in [2.24, 2.45) is 0 Å². The molecule has 0 aliphatic heterocycles. The van der Waals surface area contributed by atoms with E-state index < -0.39 is 0 Å². The molecule has 72 heavy (non-hydrogen) atoms. The molecule has 2 aliphatic rings. The van der Waals surface area contributed by atoms with E-state index in [1.807, 2.05) is 0 Å². The van der Waals surface area contributed by atoms with Crippen LogP contribution in [0.5, 0.6) is 0 Å². The molecule has 0 amide bonds. The van der Waals surface area contributed by atoms with Crippen LogP contribution in [0, 0.1) is 0 Å². The summed E-state index contributed by atoms with van der Waals surface area (Å²) in [6.07, 6.45) is 0. The van der Waals surface area contributed by atoms with E-state index in [1.54, 1.807) is 0 Å². The van der Waals surface area contributed by atoms with Crippen LogP contribution in [0.1, 0.15) is 49.9 Å². The van der Waals surface area contributed by atoms with Gasteiger partial charge in [-0.3, -0.25) is 0 Å². The Morgan fingerprint density at radius 1 is 0.264 bits per heavy atom. The molecule has 342 valence electrons. The van der Waals surface area contributed by atoms with Gasteiger partial charge in [-0.15, -0.1) is 0 Å². The van der Waals surface area contributed by atoms with Gasteiger partial charge in [-0.25, -0.2) is 0 Å². The molecule has 0 heterocycles. The number of hydrogen-bond donors (Lipinski definition) is 0. The molecule has 0 atom stereocenters. The third kappa shape index (κ3) is 6.22. The van der Waals surface area contributed by atoms with E-state index in [1.165, 1.54) is 99.1 Å². The lowest BCUT2D eigenvalue weighted by Gasteiger charge is -2.28. The van der Waals surface area contributed by atoms with Gasteiger partial charge < -0.3 is 9.80 Å².